The third kappa shape index (κ3) is 3.15. The molecule has 0 amide bonds. The van der Waals surface area contributed by atoms with E-state index in [0.717, 1.165) is 31.7 Å². The molecule has 1 fully saturated rings. The summed E-state index contributed by atoms with van der Waals surface area (Å²) in [5.41, 5.74) is 6.56. The normalized spacial score (nSPS) is 22.1. The monoisotopic (exact) mass is 295 g/mol. The molecule has 0 radical (unpaired) electrons. The highest BCUT2D eigenvalue weighted by Gasteiger charge is 2.31. The highest BCUT2D eigenvalue weighted by atomic mass is 19.1. The number of aryl methyl sites for hydroxylation is 1. The first kappa shape index (κ1) is 15.7. The topological polar surface area (TPSA) is 72.4 Å². The fraction of sp³-hybridized carbons (Fsp3) is 0.600. The van der Waals surface area contributed by atoms with Gasteiger partial charge in [0.05, 0.1) is 11.0 Å². The molecule has 0 aliphatic heterocycles. The Hall–Kier alpha value is -1.69. The maximum Gasteiger partial charge on any atom is 0.295 e. The predicted octanol–water partition coefficient (Wildman–Crippen LogP) is 3.00. The van der Waals surface area contributed by atoms with Crippen molar-refractivity contribution in [3.8, 4) is 0 Å². The number of nitro groups is 1. The first-order valence-corrected chi connectivity index (χ1v) is 7.33. The number of nitrogens with zero attached hydrogens (tertiary/aromatic N) is 2. The van der Waals surface area contributed by atoms with E-state index in [2.05, 4.69) is 0 Å². The quantitative estimate of drug-likeness (QED) is 0.684. The van der Waals surface area contributed by atoms with Crippen LogP contribution in [0, 0.1) is 28.8 Å². The van der Waals surface area contributed by atoms with Crippen molar-refractivity contribution in [3.05, 3.63) is 33.6 Å². The van der Waals surface area contributed by atoms with Crippen molar-refractivity contribution in [2.75, 3.05) is 18.5 Å². The van der Waals surface area contributed by atoms with E-state index in [1.54, 1.807) is 13.0 Å². The molecule has 0 bridgehead atoms. The molecule has 2 atom stereocenters. The summed E-state index contributed by atoms with van der Waals surface area (Å²) in [6.45, 7) is 2.20. The Morgan fingerprint density at radius 2 is 2.10 bits per heavy atom. The van der Waals surface area contributed by atoms with E-state index in [4.69, 9.17) is 5.73 Å². The molecule has 1 saturated carbocycles. The summed E-state index contributed by atoms with van der Waals surface area (Å²) in [7, 11) is 1.85. The minimum atomic E-state index is -0.544. The molecule has 1 aliphatic carbocycles. The maximum absolute atomic E-state index is 13.6. The summed E-state index contributed by atoms with van der Waals surface area (Å²) in [5, 5.41) is 11.2. The first-order chi connectivity index (χ1) is 9.95. The Bertz CT molecular complexity index is 536. The Balaban J connectivity index is 2.39. The Morgan fingerprint density at radius 1 is 1.43 bits per heavy atom. The number of hydrogen-bond acceptors (Lipinski definition) is 4. The zero-order chi connectivity index (χ0) is 15.6. The van der Waals surface area contributed by atoms with Gasteiger partial charge in [-0.2, -0.15) is 0 Å². The van der Waals surface area contributed by atoms with Gasteiger partial charge in [-0.3, -0.25) is 10.1 Å². The van der Waals surface area contributed by atoms with Gasteiger partial charge in [0.15, 0.2) is 0 Å². The molecule has 1 aromatic carbocycles. The molecule has 2 unspecified atom stereocenters. The van der Waals surface area contributed by atoms with Crippen LogP contribution in [-0.2, 0) is 0 Å². The molecule has 6 heteroatoms. The molecule has 0 aromatic heterocycles. The summed E-state index contributed by atoms with van der Waals surface area (Å²) < 4.78 is 13.6. The lowest BCUT2D eigenvalue weighted by Gasteiger charge is -2.38. The molecule has 2 rings (SSSR count). The zero-order valence-corrected chi connectivity index (χ0v) is 12.5. The summed E-state index contributed by atoms with van der Waals surface area (Å²) in [6.07, 6.45) is 4.25. The van der Waals surface area contributed by atoms with Gasteiger partial charge in [0, 0.05) is 13.1 Å². The van der Waals surface area contributed by atoms with Crippen LogP contribution in [0.3, 0.4) is 0 Å². The van der Waals surface area contributed by atoms with Crippen LogP contribution in [0.15, 0.2) is 12.1 Å². The highest BCUT2D eigenvalue weighted by molar-refractivity contribution is 5.65. The van der Waals surface area contributed by atoms with Gasteiger partial charge in [-0.25, -0.2) is 4.39 Å². The third-order valence-electron chi connectivity index (χ3n) is 4.50. The molecule has 1 aromatic rings. The minimum Gasteiger partial charge on any atom is -0.366 e. The van der Waals surface area contributed by atoms with E-state index in [1.165, 1.54) is 0 Å². The van der Waals surface area contributed by atoms with Gasteiger partial charge in [-0.15, -0.1) is 0 Å². The molecule has 0 saturated heterocycles. The molecule has 21 heavy (non-hydrogen) atoms. The van der Waals surface area contributed by atoms with Gasteiger partial charge < -0.3 is 10.6 Å². The molecule has 2 N–H and O–H groups in total. The summed E-state index contributed by atoms with van der Waals surface area (Å²) in [4.78, 5) is 12.6. The van der Waals surface area contributed by atoms with E-state index < -0.39 is 10.7 Å². The fourth-order valence-corrected chi connectivity index (χ4v) is 3.24. The van der Waals surface area contributed by atoms with Gasteiger partial charge in [0.1, 0.15) is 11.5 Å². The fourth-order valence-electron chi connectivity index (χ4n) is 3.24. The number of hydrogen-bond donors (Lipinski definition) is 1. The van der Waals surface area contributed by atoms with Crippen LogP contribution in [0.5, 0.6) is 0 Å². The smallest absolute Gasteiger partial charge is 0.295 e. The minimum absolute atomic E-state index is 0.173. The average molecular weight is 295 g/mol. The van der Waals surface area contributed by atoms with Crippen LogP contribution in [0.1, 0.15) is 31.2 Å². The SMILES string of the molecule is Cc1cc(N(C)C2CCCCC2CN)c([N+](=O)[O-])cc1F. The second kappa shape index (κ2) is 6.39. The standard InChI is InChI=1S/C15H22FN3O2/c1-10-7-14(15(19(20)21)8-12(10)16)18(2)13-6-4-3-5-11(13)9-17/h7-8,11,13H,3-6,9,17H2,1-2H3. The van der Waals surface area contributed by atoms with E-state index in [0.29, 0.717) is 23.7 Å². The summed E-state index contributed by atoms with van der Waals surface area (Å²) >= 11 is 0. The van der Waals surface area contributed by atoms with Crippen molar-refractivity contribution < 1.29 is 9.31 Å². The van der Waals surface area contributed by atoms with E-state index in [-0.39, 0.29) is 11.7 Å². The second-order valence-electron chi connectivity index (χ2n) is 5.81. The van der Waals surface area contributed by atoms with Crippen LogP contribution < -0.4 is 10.6 Å². The maximum atomic E-state index is 13.6. The second-order valence-corrected chi connectivity index (χ2v) is 5.81. The van der Waals surface area contributed by atoms with Crippen molar-refractivity contribution in [2.24, 2.45) is 11.7 Å². The molecule has 1 aliphatic rings. The molecule has 0 spiro atoms. The number of halogens is 1. The van der Waals surface area contributed by atoms with E-state index in [9.17, 15) is 14.5 Å². The van der Waals surface area contributed by atoms with E-state index >= 15 is 0 Å². The van der Waals surface area contributed by atoms with Crippen molar-refractivity contribution in [1.29, 1.82) is 0 Å². The Morgan fingerprint density at radius 3 is 2.71 bits per heavy atom. The molecule has 116 valence electrons. The van der Waals surface area contributed by atoms with E-state index in [1.807, 2.05) is 11.9 Å². The van der Waals surface area contributed by atoms with Gasteiger partial charge >= 0.3 is 0 Å². The van der Waals surface area contributed by atoms with Crippen LogP contribution >= 0.6 is 0 Å². The van der Waals surface area contributed by atoms with Gasteiger partial charge in [-0.1, -0.05) is 12.8 Å². The van der Waals surface area contributed by atoms with Crippen LogP contribution in [0.2, 0.25) is 0 Å². The number of benzene rings is 1. The molecule has 5 nitrogen and oxygen atoms in total. The number of nitro benzene ring substituents is 1. The number of rotatable bonds is 4. The average Bonchev–Trinajstić information content (AvgIpc) is 2.48. The van der Waals surface area contributed by atoms with Crippen molar-refractivity contribution in [2.45, 2.75) is 38.6 Å². The van der Waals surface area contributed by atoms with Crippen molar-refractivity contribution in [1.82, 2.24) is 0 Å². The van der Waals surface area contributed by atoms with Crippen molar-refractivity contribution >= 4 is 11.4 Å². The Labute approximate surface area is 124 Å². The zero-order valence-electron chi connectivity index (χ0n) is 12.5. The lowest BCUT2D eigenvalue weighted by atomic mass is 9.83. The van der Waals surface area contributed by atoms with Crippen LogP contribution in [0.25, 0.3) is 0 Å². The lowest BCUT2D eigenvalue weighted by Crippen LogP contribution is -2.43. The Kier molecular flexibility index (Phi) is 4.77. The highest BCUT2D eigenvalue weighted by Crippen LogP contribution is 2.36. The van der Waals surface area contributed by atoms with Crippen molar-refractivity contribution in [3.63, 3.8) is 0 Å². The largest absolute Gasteiger partial charge is 0.366 e. The van der Waals surface area contributed by atoms with Gasteiger partial charge in [0.25, 0.3) is 5.69 Å². The van der Waals surface area contributed by atoms with Crippen LogP contribution in [-0.4, -0.2) is 24.6 Å². The first-order valence-electron chi connectivity index (χ1n) is 7.33. The summed E-state index contributed by atoms with van der Waals surface area (Å²) in [5.74, 6) is -0.216. The number of anilines is 1. The van der Waals surface area contributed by atoms with Gasteiger partial charge in [-0.05, 0) is 43.9 Å². The number of nitrogens with two attached hydrogens (primary N) is 1. The summed E-state index contributed by atoms with van der Waals surface area (Å²) in [6, 6.07) is 2.75. The van der Waals surface area contributed by atoms with Gasteiger partial charge in [0.2, 0.25) is 0 Å². The van der Waals surface area contributed by atoms with Crippen LogP contribution in [0.4, 0.5) is 15.8 Å². The third-order valence-corrected chi connectivity index (χ3v) is 4.50. The predicted molar refractivity (Wildman–Crippen MR) is 81.0 cm³/mol. The lowest BCUT2D eigenvalue weighted by molar-refractivity contribution is -0.384. The molecule has 0 heterocycles. The molecular weight excluding hydrogens is 273 g/mol. The molecular formula is C15H22FN3O2.